The van der Waals surface area contributed by atoms with Crippen LogP contribution < -0.4 is 4.74 Å². The maximum atomic E-state index is 6.01. The molecule has 0 bridgehead atoms. The van der Waals surface area contributed by atoms with Crippen LogP contribution in [0.15, 0.2) is 23.4 Å². The highest BCUT2D eigenvalue weighted by atomic mass is 35.5. The van der Waals surface area contributed by atoms with Crippen molar-refractivity contribution in [2.24, 2.45) is 0 Å². The van der Waals surface area contributed by atoms with E-state index in [9.17, 15) is 0 Å². The molecule has 0 saturated heterocycles. The molecule has 0 aliphatic carbocycles. The van der Waals surface area contributed by atoms with Crippen molar-refractivity contribution >= 4 is 34.9 Å². The van der Waals surface area contributed by atoms with Crippen LogP contribution in [0.3, 0.4) is 0 Å². The van der Waals surface area contributed by atoms with Crippen LogP contribution in [-0.4, -0.2) is 36.9 Å². The Balaban J connectivity index is 1.89. The molecule has 10 heteroatoms. The van der Waals surface area contributed by atoms with Crippen LogP contribution in [0, 0.1) is 6.92 Å². The number of rotatable bonds is 5. The first-order valence-corrected chi connectivity index (χ1v) is 8.35. The topological polar surface area (TPSA) is 78.6 Å². The van der Waals surface area contributed by atoms with Crippen LogP contribution in [0.1, 0.15) is 11.3 Å². The largest absolute Gasteiger partial charge is 0.494 e. The van der Waals surface area contributed by atoms with E-state index in [4.69, 9.17) is 16.3 Å². The Bertz CT molecular complexity index is 790. The predicted molar refractivity (Wildman–Crippen MR) is 84.9 cm³/mol. The Hall–Kier alpha value is -1.71. The van der Waals surface area contributed by atoms with Gasteiger partial charge in [0.25, 0.3) is 0 Å². The van der Waals surface area contributed by atoms with E-state index in [2.05, 4.69) is 25.1 Å². The van der Waals surface area contributed by atoms with Gasteiger partial charge in [-0.05, 0) is 35.0 Å². The monoisotopic (exact) mass is 354 g/mol. The highest BCUT2D eigenvalue weighted by molar-refractivity contribution is 7.98. The van der Waals surface area contributed by atoms with Crippen molar-refractivity contribution in [2.45, 2.75) is 17.8 Å². The number of aromatic nitrogens is 6. The number of ether oxygens (including phenoxy) is 1. The summed E-state index contributed by atoms with van der Waals surface area (Å²) in [7, 11) is 1.62. The van der Waals surface area contributed by atoms with Gasteiger partial charge in [0.1, 0.15) is 21.5 Å². The number of hydrogen-bond acceptors (Lipinski definition) is 8. The Morgan fingerprint density at radius 3 is 2.95 bits per heavy atom. The number of hydrogen-bond donors (Lipinski definition) is 0. The second-order valence-corrected chi connectivity index (χ2v) is 6.63. The van der Waals surface area contributed by atoms with Gasteiger partial charge in [-0.25, -0.2) is 0 Å². The molecule has 0 radical (unpaired) electrons. The predicted octanol–water partition coefficient (Wildman–Crippen LogP) is 2.78. The van der Waals surface area contributed by atoms with Crippen molar-refractivity contribution in [1.82, 2.24) is 29.8 Å². The lowest BCUT2D eigenvalue weighted by molar-refractivity contribution is 0.410. The summed E-state index contributed by atoms with van der Waals surface area (Å²) < 4.78 is 11.4. The van der Waals surface area contributed by atoms with Gasteiger partial charge < -0.3 is 4.74 Å². The van der Waals surface area contributed by atoms with E-state index in [0.717, 1.165) is 28.5 Å². The molecule has 0 atom stereocenters. The SMILES string of the molecule is COc1ccc(C)cc1-n1nnnc1SCc1nnsc1Cl. The van der Waals surface area contributed by atoms with Gasteiger partial charge >= 0.3 is 0 Å². The molecule has 0 fully saturated rings. The maximum absolute atomic E-state index is 6.01. The Kier molecular flexibility index (Phi) is 4.55. The van der Waals surface area contributed by atoms with Crippen molar-refractivity contribution in [3.8, 4) is 11.4 Å². The molecule has 0 aliphatic rings. The summed E-state index contributed by atoms with van der Waals surface area (Å²) in [4.78, 5) is 0. The zero-order valence-electron chi connectivity index (χ0n) is 11.7. The van der Waals surface area contributed by atoms with Crippen molar-refractivity contribution in [3.05, 3.63) is 33.8 Å². The van der Waals surface area contributed by atoms with Crippen molar-refractivity contribution in [3.63, 3.8) is 0 Å². The van der Waals surface area contributed by atoms with Crippen molar-refractivity contribution in [1.29, 1.82) is 0 Å². The molecular formula is C12H11ClN6OS2. The number of thioether (sulfide) groups is 1. The molecule has 22 heavy (non-hydrogen) atoms. The molecule has 1 aromatic carbocycles. The van der Waals surface area contributed by atoms with Crippen molar-refractivity contribution < 1.29 is 4.74 Å². The molecule has 2 heterocycles. The standard InChI is InChI=1S/C12H11ClN6OS2/c1-7-3-4-10(20-2)9(5-7)19-12(15-16-17-19)21-6-8-11(13)22-18-14-8/h3-5H,6H2,1-2H3. The third-order valence-electron chi connectivity index (χ3n) is 2.85. The molecule has 0 unspecified atom stereocenters. The summed E-state index contributed by atoms with van der Waals surface area (Å²) in [6.45, 7) is 2.00. The molecule has 3 rings (SSSR count). The fourth-order valence-electron chi connectivity index (χ4n) is 1.80. The Labute approximate surface area is 139 Å². The second kappa shape index (κ2) is 6.59. The number of methoxy groups -OCH3 is 1. The van der Waals surface area contributed by atoms with Crippen LogP contribution in [0.4, 0.5) is 0 Å². The van der Waals surface area contributed by atoms with Crippen molar-refractivity contribution in [2.75, 3.05) is 7.11 Å². The van der Waals surface area contributed by atoms with Gasteiger partial charge in [-0.2, -0.15) is 4.68 Å². The highest BCUT2D eigenvalue weighted by Crippen LogP contribution is 2.29. The second-order valence-electron chi connectivity index (χ2n) is 4.33. The maximum Gasteiger partial charge on any atom is 0.214 e. The van der Waals surface area contributed by atoms with Gasteiger partial charge in [-0.1, -0.05) is 33.9 Å². The number of benzene rings is 1. The fraction of sp³-hybridized carbons (Fsp3) is 0.250. The molecule has 0 spiro atoms. The number of nitrogens with zero attached hydrogens (tertiary/aromatic N) is 6. The molecule has 7 nitrogen and oxygen atoms in total. The molecule has 3 aromatic rings. The first-order chi connectivity index (χ1) is 10.7. The lowest BCUT2D eigenvalue weighted by Crippen LogP contribution is -2.02. The Morgan fingerprint density at radius 1 is 1.36 bits per heavy atom. The van der Waals surface area contributed by atoms with Crippen LogP contribution in [0.25, 0.3) is 5.69 Å². The van der Waals surface area contributed by atoms with E-state index in [1.165, 1.54) is 11.8 Å². The number of tetrazole rings is 1. The lowest BCUT2D eigenvalue weighted by atomic mass is 10.2. The van der Waals surface area contributed by atoms with Crippen LogP contribution >= 0.6 is 34.9 Å². The molecule has 0 aliphatic heterocycles. The van der Waals surface area contributed by atoms with Crippen LogP contribution in [-0.2, 0) is 5.75 Å². The van der Waals surface area contributed by atoms with Gasteiger partial charge in [0.2, 0.25) is 5.16 Å². The number of aryl methyl sites for hydroxylation is 1. The molecule has 2 aromatic heterocycles. The summed E-state index contributed by atoms with van der Waals surface area (Å²) in [5, 5.41) is 16.5. The van der Waals surface area contributed by atoms with Crippen LogP contribution in [0.5, 0.6) is 5.75 Å². The Morgan fingerprint density at radius 2 is 2.23 bits per heavy atom. The zero-order valence-corrected chi connectivity index (χ0v) is 14.1. The summed E-state index contributed by atoms with van der Waals surface area (Å²) in [5.74, 6) is 1.25. The first kappa shape index (κ1) is 15.2. The lowest BCUT2D eigenvalue weighted by Gasteiger charge is -2.10. The van der Waals surface area contributed by atoms with Gasteiger partial charge in [-0.15, -0.1) is 10.2 Å². The van der Waals surface area contributed by atoms with E-state index in [1.807, 2.05) is 25.1 Å². The van der Waals surface area contributed by atoms with E-state index in [1.54, 1.807) is 11.8 Å². The van der Waals surface area contributed by atoms with Gasteiger partial charge in [0.15, 0.2) is 0 Å². The molecule has 0 amide bonds. The van der Waals surface area contributed by atoms with Crippen LogP contribution in [0.2, 0.25) is 4.34 Å². The van der Waals surface area contributed by atoms with E-state index >= 15 is 0 Å². The van der Waals surface area contributed by atoms with E-state index < -0.39 is 0 Å². The molecule has 114 valence electrons. The third kappa shape index (κ3) is 3.06. The quantitative estimate of drug-likeness (QED) is 0.652. The highest BCUT2D eigenvalue weighted by Gasteiger charge is 2.15. The minimum absolute atomic E-state index is 0.545. The fourth-order valence-corrected chi connectivity index (χ4v) is 3.42. The minimum Gasteiger partial charge on any atom is -0.494 e. The zero-order chi connectivity index (χ0) is 15.5. The van der Waals surface area contributed by atoms with Gasteiger partial charge in [-0.3, -0.25) is 0 Å². The average molecular weight is 355 g/mol. The molecular weight excluding hydrogens is 344 g/mol. The molecule has 0 saturated carbocycles. The number of halogens is 1. The first-order valence-electron chi connectivity index (χ1n) is 6.22. The van der Waals surface area contributed by atoms with Gasteiger partial charge in [0.05, 0.1) is 7.11 Å². The van der Waals surface area contributed by atoms with Gasteiger partial charge in [0, 0.05) is 17.3 Å². The van der Waals surface area contributed by atoms with E-state index in [0.29, 0.717) is 21.0 Å². The summed E-state index contributed by atoms with van der Waals surface area (Å²) >= 11 is 8.61. The smallest absolute Gasteiger partial charge is 0.214 e. The minimum atomic E-state index is 0.545. The van der Waals surface area contributed by atoms with E-state index in [-0.39, 0.29) is 0 Å². The normalized spacial score (nSPS) is 10.9. The summed E-state index contributed by atoms with van der Waals surface area (Å²) in [6.07, 6.45) is 0. The summed E-state index contributed by atoms with van der Waals surface area (Å²) in [6, 6.07) is 5.83. The average Bonchev–Trinajstić information content (AvgIpc) is 3.13. The third-order valence-corrected chi connectivity index (χ3v) is 4.77. The molecule has 0 N–H and O–H groups in total. The summed E-state index contributed by atoms with van der Waals surface area (Å²) in [5.41, 5.74) is 2.61.